The Hall–Kier alpha value is -1.37. The van der Waals surface area contributed by atoms with Crippen molar-refractivity contribution < 1.29 is 9.53 Å². The fourth-order valence-corrected chi connectivity index (χ4v) is 3.91. The van der Waals surface area contributed by atoms with Crippen LogP contribution in [-0.2, 0) is 4.74 Å². The zero-order chi connectivity index (χ0) is 16.2. The van der Waals surface area contributed by atoms with Crippen LogP contribution in [0.1, 0.15) is 36.8 Å². The van der Waals surface area contributed by atoms with E-state index in [2.05, 4.69) is 40.1 Å². The number of fused-ring (bicyclic) bond motifs is 1. The van der Waals surface area contributed by atoms with Gasteiger partial charge in [-0.25, -0.2) is 0 Å². The Bertz CT molecular complexity index is 656. The summed E-state index contributed by atoms with van der Waals surface area (Å²) in [4.78, 5) is 14.9. The first-order valence-corrected chi connectivity index (χ1v) is 9.21. The lowest BCUT2D eigenvalue weighted by atomic mass is 10.3. The molecule has 0 bridgehead atoms. The highest BCUT2D eigenvalue weighted by Gasteiger charge is 2.18. The quantitative estimate of drug-likeness (QED) is 0.826. The number of carbonyl (C=O) groups excluding carboxylic acids is 1. The molecule has 1 N–H and O–H groups in total. The number of carbonyl (C=O) groups is 1. The van der Waals surface area contributed by atoms with Crippen LogP contribution in [0.4, 0.5) is 0 Å². The van der Waals surface area contributed by atoms with Crippen LogP contribution in [0.3, 0.4) is 0 Å². The third kappa shape index (κ3) is 3.76. The summed E-state index contributed by atoms with van der Waals surface area (Å²) in [5.41, 5.74) is 1.93. The first-order valence-electron chi connectivity index (χ1n) is 8.33. The molecule has 0 unspecified atom stereocenters. The van der Waals surface area contributed by atoms with Gasteiger partial charge < -0.3 is 14.6 Å². The van der Waals surface area contributed by atoms with Gasteiger partial charge in [0.2, 0.25) is 0 Å². The lowest BCUT2D eigenvalue weighted by Gasteiger charge is -2.26. The third-order valence-electron chi connectivity index (χ3n) is 4.25. The molecule has 1 fully saturated rings. The summed E-state index contributed by atoms with van der Waals surface area (Å²) in [6.45, 7) is 9.62. The highest BCUT2D eigenvalue weighted by molar-refractivity contribution is 7.17. The molecule has 0 aliphatic carbocycles. The molecule has 126 valence electrons. The van der Waals surface area contributed by atoms with Gasteiger partial charge in [-0.15, -0.1) is 11.3 Å². The number of aromatic nitrogens is 1. The van der Waals surface area contributed by atoms with Gasteiger partial charge in [0.25, 0.3) is 5.91 Å². The minimum atomic E-state index is 0.0316. The highest BCUT2D eigenvalue weighted by atomic mass is 32.1. The van der Waals surface area contributed by atoms with Crippen LogP contribution < -0.4 is 5.32 Å². The van der Waals surface area contributed by atoms with Crippen molar-refractivity contribution in [2.75, 3.05) is 39.4 Å². The van der Waals surface area contributed by atoms with E-state index in [4.69, 9.17) is 4.74 Å². The van der Waals surface area contributed by atoms with Crippen molar-refractivity contribution in [3.05, 3.63) is 23.2 Å². The fourth-order valence-electron chi connectivity index (χ4n) is 3.10. The zero-order valence-corrected chi connectivity index (χ0v) is 14.7. The number of nitrogens with one attached hydrogen (secondary N) is 1. The predicted molar refractivity (Wildman–Crippen MR) is 94.4 cm³/mol. The van der Waals surface area contributed by atoms with Crippen LogP contribution in [0.25, 0.3) is 10.2 Å². The predicted octanol–water partition coefficient (Wildman–Crippen LogP) is 2.74. The molecule has 3 heterocycles. The van der Waals surface area contributed by atoms with Gasteiger partial charge >= 0.3 is 0 Å². The summed E-state index contributed by atoms with van der Waals surface area (Å²) in [5.74, 6) is 0.0316. The second-order valence-electron chi connectivity index (χ2n) is 6.23. The smallest absolute Gasteiger partial charge is 0.267 e. The van der Waals surface area contributed by atoms with E-state index >= 15 is 0 Å². The van der Waals surface area contributed by atoms with E-state index in [-0.39, 0.29) is 11.9 Å². The Morgan fingerprint density at radius 3 is 2.91 bits per heavy atom. The number of thiophene rings is 1. The Labute approximate surface area is 141 Å². The topological polar surface area (TPSA) is 46.5 Å². The minimum absolute atomic E-state index is 0.0316. The molecule has 3 rings (SSSR count). The molecule has 5 nitrogen and oxygen atoms in total. The average Bonchev–Trinajstić information content (AvgIpc) is 3.12. The summed E-state index contributed by atoms with van der Waals surface area (Å²) < 4.78 is 8.65. The first-order chi connectivity index (χ1) is 11.2. The zero-order valence-electron chi connectivity index (χ0n) is 13.9. The molecule has 23 heavy (non-hydrogen) atoms. The first kappa shape index (κ1) is 16.5. The number of ether oxygens (including phenoxy) is 1. The van der Waals surface area contributed by atoms with Gasteiger partial charge in [0, 0.05) is 25.7 Å². The molecule has 2 aromatic heterocycles. The summed E-state index contributed by atoms with van der Waals surface area (Å²) >= 11 is 1.68. The van der Waals surface area contributed by atoms with Crippen molar-refractivity contribution in [1.82, 2.24) is 14.8 Å². The molecule has 1 saturated heterocycles. The van der Waals surface area contributed by atoms with Gasteiger partial charge in [-0.05, 0) is 44.3 Å². The number of hydrogen-bond donors (Lipinski definition) is 1. The van der Waals surface area contributed by atoms with Crippen LogP contribution in [-0.4, -0.2) is 54.8 Å². The number of morpholine rings is 1. The van der Waals surface area contributed by atoms with Gasteiger partial charge in [-0.2, -0.15) is 0 Å². The maximum atomic E-state index is 12.5. The van der Waals surface area contributed by atoms with Crippen LogP contribution in [0.5, 0.6) is 0 Å². The Balaban J connectivity index is 1.55. The molecule has 0 saturated carbocycles. The second kappa shape index (κ2) is 7.47. The second-order valence-corrected chi connectivity index (χ2v) is 7.17. The van der Waals surface area contributed by atoms with Crippen molar-refractivity contribution in [3.63, 3.8) is 0 Å². The average molecular weight is 335 g/mol. The van der Waals surface area contributed by atoms with E-state index in [1.54, 1.807) is 11.3 Å². The minimum Gasteiger partial charge on any atom is -0.379 e. The van der Waals surface area contributed by atoms with Gasteiger partial charge in [0.15, 0.2) is 0 Å². The van der Waals surface area contributed by atoms with Gasteiger partial charge in [0.05, 0.1) is 23.4 Å². The van der Waals surface area contributed by atoms with Crippen LogP contribution >= 0.6 is 11.3 Å². The maximum absolute atomic E-state index is 12.5. The molecule has 6 heteroatoms. The summed E-state index contributed by atoms with van der Waals surface area (Å²) in [7, 11) is 0. The SMILES string of the molecule is CC(C)n1c(C(=O)NCCCN2CCOCC2)cc2sccc21. The van der Waals surface area contributed by atoms with E-state index in [0.29, 0.717) is 6.54 Å². The Kier molecular flexibility index (Phi) is 5.35. The van der Waals surface area contributed by atoms with E-state index in [0.717, 1.165) is 50.5 Å². The summed E-state index contributed by atoms with van der Waals surface area (Å²) in [6, 6.07) is 4.38. The molecule has 0 spiro atoms. The number of amides is 1. The lowest BCUT2D eigenvalue weighted by Crippen LogP contribution is -2.38. The largest absolute Gasteiger partial charge is 0.379 e. The number of rotatable bonds is 6. The van der Waals surface area contributed by atoms with Crippen molar-refractivity contribution in [2.24, 2.45) is 0 Å². The van der Waals surface area contributed by atoms with Crippen molar-refractivity contribution in [3.8, 4) is 0 Å². The number of hydrogen-bond acceptors (Lipinski definition) is 4. The molecule has 0 atom stereocenters. The molecular weight excluding hydrogens is 310 g/mol. The van der Waals surface area contributed by atoms with E-state index in [1.807, 2.05) is 6.07 Å². The van der Waals surface area contributed by atoms with Gasteiger partial charge in [-0.1, -0.05) is 0 Å². The molecule has 0 radical (unpaired) electrons. The summed E-state index contributed by atoms with van der Waals surface area (Å²) in [5, 5.41) is 5.15. The van der Waals surface area contributed by atoms with E-state index in [9.17, 15) is 4.79 Å². The van der Waals surface area contributed by atoms with Crippen molar-refractivity contribution >= 4 is 27.5 Å². The van der Waals surface area contributed by atoms with E-state index in [1.165, 1.54) is 4.70 Å². The lowest BCUT2D eigenvalue weighted by molar-refractivity contribution is 0.0374. The standard InChI is InChI=1S/C17H25N3O2S/c1-13(2)20-14-4-11-23-16(14)12-15(20)17(21)18-5-3-6-19-7-9-22-10-8-19/h4,11-13H,3,5-10H2,1-2H3,(H,18,21). The maximum Gasteiger partial charge on any atom is 0.267 e. The van der Waals surface area contributed by atoms with E-state index < -0.39 is 0 Å². The molecule has 1 aliphatic rings. The summed E-state index contributed by atoms with van der Waals surface area (Å²) in [6.07, 6.45) is 0.975. The van der Waals surface area contributed by atoms with Crippen molar-refractivity contribution in [1.29, 1.82) is 0 Å². The number of nitrogens with zero attached hydrogens (tertiary/aromatic N) is 2. The molecule has 0 aromatic carbocycles. The monoisotopic (exact) mass is 335 g/mol. The molecular formula is C17H25N3O2S. The van der Waals surface area contributed by atoms with Crippen LogP contribution in [0.15, 0.2) is 17.5 Å². The van der Waals surface area contributed by atoms with Crippen LogP contribution in [0.2, 0.25) is 0 Å². The third-order valence-corrected chi connectivity index (χ3v) is 5.10. The fraction of sp³-hybridized carbons (Fsp3) is 0.588. The normalized spacial score (nSPS) is 16.3. The van der Waals surface area contributed by atoms with Crippen LogP contribution in [0, 0.1) is 0 Å². The molecule has 1 amide bonds. The molecule has 1 aliphatic heterocycles. The van der Waals surface area contributed by atoms with Gasteiger partial charge in [-0.3, -0.25) is 9.69 Å². The Morgan fingerprint density at radius 2 is 2.17 bits per heavy atom. The Morgan fingerprint density at radius 1 is 1.39 bits per heavy atom. The highest BCUT2D eigenvalue weighted by Crippen LogP contribution is 2.28. The van der Waals surface area contributed by atoms with Crippen molar-refractivity contribution in [2.45, 2.75) is 26.3 Å². The molecule has 2 aromatic rings. The van der Waals surface area contributed by atoms with Gasteiger partial charge in [0.1, 0.15) is 5.69 Å².